The van der Waals surface area contributed by atoms with Crippen molar-refractivity contribution in [3.8, 4) is 0 Å². The number of nitrogens with one attached hydrogen (secondary N) is 1. The lowest BCUT2D eigenvalue weighted by Gasteiger charge is -2.20. The van der Waals surface area contributed by atoms with Crippen molar-refractivity contribution in [2.75, 3.05) is 7.05 Å². The second kappa shape index (κ2) is 5.22. The molecule has 0 saturated heterocycles. The normalized spacial score (nSPS) is 16.1. The van der Waals surface area contributed by atoms with Gasteiger partial charge in [-0.1, -0.05) is 18.2 Å². The maximum absolute atomic E-state index is 5.65. The van der Waals surface area contributed by atoms with Crippen molar-refractivity contribution in [1.82, 2.24) is 5.32 Å². The molecule has 0 saturated carbocycles. The van der Waals surface area contributed by atoms with E-state index in [0.29, 0.717) is 0 Å². The molecular weight excluding hydrogens is 234 g/mol. The van der Waals surface area contributed by atoms with Crippen LogP contribution in [0.2, 0.25) is 0 Å². The molecule has 1 N–H and O–H groups in total. The molecule has 100 valence electrons. The molecule has 0 aliphatic heterocycles. The molecular formula is C17H21NO. The molecule has 1 atom stereocenters. The second-order valence-electron chi connectivity index (χ2n) is 5.42. The smallest absolute Gasteiger partial charge is 0.128 e. The van der Waals surface area contributed by atoms with Gasteiger partial charge in [-0.05, 0) is 68.0 Å². The highest BCUT2D eigenvalue weighted by molar-refractivity contribution is 5.38. The zero-order chi connectivity index (χ0) is 13.2. The highest BCUT2D eigenvalue weighted by Gasteiger charge is 2.19. The summed E-state index contributed by atoms with van der Waals surface area (Å²) in [4.78, 5) is 0. The average Bonchev–Trinajstić information content (AvgIpc) is 2.86. The number of furan rings is 1. The van der Waals surface area contributed by atoms with Gasteiger partial charge >= 0.3 is 0 Å². The third kappa shape index (κ3) is 2.33. The minimum absolute atomic E-state index is 0.155. The maximum Gasteiger partial charge on any atom is 0.128 e. The minimum atomic E-state index is 0.155. The molecule has 19 heavy (non-hydrogen) atoms. The number of hydrogen-bond donors (Lipinski definition) is 1. The van der Waals surface area contributed by atoms with Crippen molar-refractivity contribution in [3.63, 3.8) is 0 Å². The molecule has 0 spiro atoms. The SMILES string of the molecule is CNC(c1ccc2c(c1)CCCC2)c1occc1C. The molecule has 0 radical (unpaired) electrons. The molecule has 2 heteroatoms. The standard InChI is InChI=1S/C17H21NO/c1-12-9-10-19-17(12)16(18-2)15-8-7-13-5-3-4-6-14(13)11-15/h7-11,16,18H,3-6H2,1-2H3. The molecule has 1 aromatic heterocycles. The largest absolute Gasteiger partial charge is 0.467 e. The van der Waals surface area contributed by atoms with E-state index in [1.54, 1.807) is 6.26 Å². The van der Waals surface area contributed by atoms with Gasteiger partial charge in [-0.25, -0.2) is 0 Å². The minimum Gasteiger partial charge on any atom is -0.467 e. The Morgan fingerprint density at radius 3 is 2.58 bits per heavy atom. The van der Waals surface area contributed by atoms with E-state index < -0.39 is 0 Å². The molecule has 1 aliphatic carbocycles. The zero-order valence-electron chi connectivity index (χ0n) is 11.7. The summed E-state index contributed by atoms with van der Waals surface area (Å²) >= 11 is 0. The Morgan fingerprint density at radius 2 is 1.89 bits per heavy atom. The number of hydrogen-bond acceptors (Lipinski definition) is 2. The molecule has 2 aromatic rings. The second-order valence-corrected chi connectivity index (χ2v) is 5.42. The molecule has 0 bridgehead atoms. The summed E-state index contributed by atoms with van der Waals surface area (Å²) in [5.74, 6) is 1.03. The van der Waals surface area contributed by atoms with Crippen molar-refractivity contribution in [1.29, 1.82) is 0 Å². The van der Waals surface area contributed by atoms with E-state index in [2.05, 4.69) is 30.4 Å². The molecule has 1 unspecified atom stereocenters. The van der Waals surface area contributed by atoms with Crippen molar-refractivity contribution < 1.29 is 4.42 Å². The van der Waals surface area contributed by atoms with Crippen LogP contribution in [-0.4, -0.2) is 7.05 Å². The van der Waals surface area contributed by atoms with E-state index in [0.717, 1.165) is 5.76 Å². The van der Waals surface area contributed by atoms with Crippen LogP contribution in [0.5, 0.6) is 0 Å². The highest BCUT2D eigenvalue weighted by atomic mass is 16.3. The Kier molecular flexibility index (Phi) is 3.43. The first-order valence-corrected chi connectivity index (χ1v) is 7.12. The van der Waals surface area contributed by atoms with Crippen LogP contribution in [0.3, 0.4) is 0 Å². The monoisotopic (exact) mass is 255 g/mol. The summed E-state index contributed by atoms with van der Waals surface area (Å²) in [7, 11) is 1.99. The quantitative estimate of drug-likeness (QED) is 0.903. The Bertz CT molecular complexity index is 570. The first-order chi connectivity index (χ1) is 9.29. The van der Waals surface area contributed by atoms with Crippen LogP contribution in [-0.2, 0) is 12.8 Å². The lowest BCUT2D eigenvalue weighted by Crippen LogP contribution is -2.18. The van der Waals surface area contributed by atoms with E-state index in [9.17, 15) is 0 Å². The molecule has 1 aromatic carbocycles. The fourth-order valence-electron chi connectivity index (χ4n) is 3.06. The Labute approximate surface area is 114 Å². The van der Waals surface area contributed by atoms with Crippen LogP contribution in [0.4, 0.5) is 0 Å². The number of rotatable bonds is 3. The van der Waals surface area contributed by atoms with Crippen molar-refractivity contribution >= 4 is 0 Å². The van der Waals surface area contributed by atoms with E-state index >= 15 is 0 Å². The number of aryl methyl sites for hydroxylation is 3. The van der Waals surface area contributed by atoms with E-state index in [4.69, 9.17) is 4.42 Å². The van der Waals surface area contributed by atoms with Gasteiger partial charge in [0, 0.05) is 0 Å². The Balaban J connectivity index is 1.98. The van der Waals surface area contributed by atoms with Gasteiger partial charge in [0.05, 0.1) is 12.3 Å². The summed E-state index contributed by atoms with van der Waals surface area (Å²) in [6.45, 7) is 2.10. The molecule has 3 rings (SSSR count). The van der Waals surface area contributed by atoms with Gasteiger partial charge in [0.2, 0.25) is 0 Å². The zero-order valence-corrected chi connectivity index (χ0v) is 11.7. The van der Waals surface area contributed by atoms with Gasteiger partial charge in [-0.15, -0.1) is 0 Å². The van der Waals surface area contributed by atoms with Crippen LogP contribution in [0, 0.1) is 6.92 Å². The van der Waals surface area contributed by atoms with E-state index in [1.807, 2.05) is 13.1 Å². The fraction of sp³-hybridized carbons (Fsp3) is 0.412. The third-order valence-corrected chi connectivity index (χ3v) is 4.16. The summed E-state index contributed by atoms with van der Waals surface area (Å²) < 4.78 is 5.65. The predicted molar refractivity (Wildman–Crippen MR) is 77.4 cm³/mol. The third-order valence-electron chi connectivity index (χ3n) is 4.16. The van der Waals surface area contributed by atoms with Crippen molar-refractivity contribution in [2.24, 2.45) is 0 Å². The van der Waals surface area contributed by atoms with Gasteiger partial charge in [-0.2, -0.15) is 0 Å². The summed E-state index contributed by atoms with van der Waals surface area (Å²) in [6, 6.07) is 9.08. The van der Waals surface area contributed by atoms with Crippen LogP contribution in [0.1, 0.15) is 46.9 Å². The molecule has 0 amide bonds. The summed E-state index contributed by atoms with van der Waals surface area (Å²) in [5, 5.41) is 3.37. The first-order valence-electron chi connectivity index (χ1n) is 7.12. The summed E-state index contributed by atoms with van der Waals surface area (Å²) in [6.07, 6.45) is 6.88. The number of fused-ring (bicyclic) bond motifs is 1. The summed E-state index contributed by atoms with van der Waals surface area (Å²) in [5.41, 5.74) is 5.56. The number of benzene rings is 1. The lowest BCUT2D eigenvalue weighted by atomic mass is 9.88. The van der Waals surface area contributed by atoms with Crippen molar-refractivity contribution in [3.05, 3.63) is 58.5 Å². The van der Waals surface area contributed by atoms with Crippen LogP contribution in [0.15, 0.2) is 34.9 Å². The maximum atomic E-state index is 5.65. The van der Waals surface area contributed by atoms with Crippen molar-refractivity contribution in [2.45, 2.75) is 38.6 Å². The van der Waals surface area contributed by atoms with Gasteiger partial charge in [0.25, 0.3) is 0 Å². The van der Waals surface area contributed by atoms with Crippen LogP contribution in [0.25, 0.3) is 0 Å². The predicted octanol–water partition coefficient (Wildman–Crippen LogP) is 3.78. The van der Waals surface area contributed by atoms with Gasteiger partial charge in [0.1, 0.15) is 5.76 Å². The van der Waals surface area contributed by atoms with E-state index in [1.165, 1.54) is 47.9 Å². The molecule has 2 nitrogen and oxygen atoms in total. The first kappa shape index (κ1) is 12.5. The lowest BCUT2D eigenvalue weighted by molar-refractivity contribution is 0.460. The van der Waals surface area contributed by atoms with E-state index in [-0.39, 0.29) is 6.04 Å². The average molecular weight is 255 g/mol. The van der Waals surface area contributed by atoms with Crippen LogP contribution < -0.4 is 5.32 Å². The van der Waals surface area contributed by atoms with Crippen LogP contribution >= 0.6 is 0 Å². The Morgan fingerprint density at radius 1 is 1.11 bits per heavy atom. The van der Waals surface area contributed by atoms with Gasteiger partial charge < -0.3 is 9.73 Å². The van der Waals surface area contributed by atoms with Gasteiger partial charge in [-0.3, -0.25) is 0 Å². The molecule has 1 heterocycles. The molecule has 0 fully saturated rings. The van der Waals surface area contributed by atoms with Gasteiger partial charge in [0.15, 0.2) is 0 Å². The topological polar surface area (TPSA) is 25.2 Å². The highest BCUT2D eigenvalue weighted by Crippen LogP contribution is 2.29. The fourth-order valence-corrected chi connectivity index (χ4v) is 3.06. The Hall–Kier alpha value is -1.54. The molecule has 1 aliphatic rings.